The average Bonchev–Trinajstić information content (AvgIpc) is 3.41. The Balaban J connectivity index is 1.38. The summed E-state index contributed by atoms with van der Waals surface area (Å²) in [5.74, 6) is -2.11. The maximum absolute atomic E-state index is 15.3. The summed E-state index contributed by atoms with van der Waals surface area (Å²) in [6, 6.07) is 0.868. The summed E-state index contributed by atoms with van der Waals surface area (Å²) >= 11 is 9.12. The number of halogens is 2. The standard InChI is InChI=1S/C21H20ClFN6O4S2/c22-15-16-11(18(31)12(19(32)33)7-29(16)10-1-2-10)5-13(23)17(15)28-4-3-9(6-28)25-14(30)8-34-21-27-26-20(24)35-21/h5,7,9-10H,1-4,6,8H2,(H2,24,26)(H,25,30)(H,32,33). The van der Waals surface area contributed by atoms with E-state index in [1.54, 1.807) is 9.47 Å². The summed E-state index contributed by atoms with van der Waals surface area (Å²) in [6.45, 7) is 0.791. The van der Waals surface area contributed by atoms with Crippen LogP contribution in [0, 0.1) is 5.82 Å². The van der Waals surface area contributed by atoms with Crippen LogP contribution in [0.5, 0.6) is 0 Å². The summed E-state index contributed by atoms with van der Waals surface area (Å²) in [4.78, 5) is 38.4. The Hall–Kier alpha value is -2.90. The van der Waals surface area contributed by atoms with E-state index in [-0.39, 0.29) is 39.8 Å². The number of fused-ring (bicyclic) bond motifs is 1. The van der Waals surface area contributed by atoms with E-state index in [0.29, 0.717) is 34.5 Å². The molecule has 14 heteroatoms. The number of thioether (sulfide) groups is 1. The lowest BCUT2D eigenvalue weighted by Gasteiger charge is -2.23. The third-order valence-corrected chi connectivity index (χ3v) is 8.22. The lowest BCUT2D eigenvalue weighted by Crippen LogP contribution is -2.38. The molecule has 3 heterocycles. The number of aromatic nitrogens is 3. The minimum absolute atomic E-state index is 0.0125. The van der Waals surface area contributed by atoms with Gasteiger partial charge in [-0.1, -0.05) is 34.7 Å². The van der Waals surface area contributed by atoms with Gasteiger partial charge in [0.15, 0.2) is 4.34 Å². The number of carbonyl (C=O) groups is 2. The average molecular weight is 539 g/mol. The van der Waals surface area contributed by atoms with Gasteiger partial charge in [0.2, 0.25) is 16.5 Å². The normalized spacial score (nSPS) is 17.8. The Morgan fingerprint density at radius 3 is 2.77 bits per heavy atom. The van der Waals surface area contributed by atoms with Crippen molar-refractivity contribution in [1.29, 1.82) is 0 Å². The van der Waals surface area contributed by atoms with E-state index in [0.717, 1.165) is 18.9 Å². The largest absolute Gasteiger partial charge is 0.477 e. The number of pyridine rings is 1. The predicted octanol–water partition coefficient (Wildman–Crippen LogP) is 2.75. The Bertz CT molecular complexity index is 1410. The number of carboxylic acid groups (broad SMARTS) is 1. The molecular formula is C21H20ClFN6O4S2. The second-order valence-corrected chi connectivity index (χ2v) is 11.0. The molecular weight excluding hydrogens is 519 g/mol. The van der Waals surface area contributed by atoms with Gasteiger partial charge in [0, 0.05) is 31.4 Å². The van der Waals surface area contributed by atoms with Crippen molar-refractivity contribution in [2.45, 2.75) is 35.7 Å². The van der Waals surface area contributed by atoms with Crippen LogP contribution in [0.3, 0.4) is 0 Å². The van der Waals surface area contributed by atoms with Crippen LogP contribution in [0.1, 0.15) is 35.7 Å². The number of anilines is 2. The molecule has 1 saturated heterocycles. The van der Waals surface area contributed by atoms with E-state index < -0.39 is 22.8 Å². The van der Waals surface area contributed by atoms with Crippen LogP contribution >= 0.6 is 34.7 Å². The number of rotatable bonds is 7. The maximum atomic E-state index is 15.3. The highest BCUT2D eigenvalue weighted by atomic mass is 35.5. The number of hydrogen-bond acceptors (Lipinski definition) is 9. The zero-order chi connectivity index (χ0) is 24.9. The molecule has 2 fully saturated rings. The number of nitrogens with zero attached hydrogens (tertiary/aromatic N) is 4. The Morgan fingerprint density at radius 2 is 2.11 bits per heavy atom. The molecule has 1 atom stereocenters. The number of carboxylic acids is 1. The Morgan fingerprint density at radius 1 is 1.34 bits per heavy atom. The van der Waals surface area contributed by atoms with Gasteiger partial charge in [0.25, 0.3) is 0 Å². The fourth-order valence-corrected chi connectivity index (χ4v) is 6.13. The lowest BCUT2D eigenvalue weighted by atomic mass is 10.1. The molecule has 5 rings (SSSR count). The second kappa shape index (κ2) is 9.28. The van der Waals surface area contributed by atoms with Crippen molar-refractivity contribution in [3.8, 4) is 0 Å². The number of amides is 1. The monoisotopic (exact) mass is 538 g/mol. The molecule has 4 N–H and O–H groups in total. The highest BCUT2D eigenvalue weighted by Gasteiger charge is 2.32. The van der Waals surface area contributed by atoms with Crippen molar-refractivity contribution in [1.82, 2.24) is 20.1 Å². The zero-order valence-electron chi connectivity index (χ0n) is 18.2. The van der Waals surface area contributed by atoms with Crippen molar-refractivity contribution >= 4 is 68.3 Å². The van der Waals surface area contributed by atoms with E-state index in [9.17, 15) is 19.5 Å². The summed E-state index contributed by atoms with van der Waals surface area (Å²) in [5, 5.41) is 20.3. The number of hydrogen-bond donors (Lipinski definition) is 3. The van der Waals surface area contributed by atoms with Gasteiger partial charge < -0.3 is 25.6 Å². The fraction of sp³-hybridized carbons (Fsp3) is 0.381. The first-order valence-electron chi connectivity index (χ1n) is 10.8. The smallest absolute Gasteiger partial charge is 0.341 e. The van der Waals surface area contributed by atoms with E-state index in [2.05, 4.69) is 15.5 Å². The minimum Gasteiger partial charge on any atom is -0.477 e. The topological polar surface area (TPSA) is 143 Å². The summed E-state index contributed by atoms with van der Waals surface area (Å²) < 4.78 is 17.5. The van der Waals surface area contributed by atoms with Gasteiger partial charge in [-0.2, -0.15) is 0 Å². The molecule has 0 radical (unpaired) electrons. The maximum Gasteiger partial charge on any atom is 0.341 e. The highest BCUT2D eigenvalue weighted by Crippen LogP contribution is 2.42. The second-order valence-electron chi connectivity index (χ2n) is 8.43. The van der Waals surface area contributed by atoms with Crippen LogP contribution in [0.25, 0.3) is 10.9 Å². The number of nitrogens with one attached hydrogen (secondary N) is 1. The molecule has 184 valence electrons. The molecule has 35 heavy (non-hydrogen) atoms. The number of benzene rings is 1. The van der Waals surface area contributed by atoms with Gasteiger partial charge in [-0.05, 0) is 25.3 Å². The first-order valence-corrected chi connectivity index (χ1v) is 13.0. The Kier molecular flexibility index (Phi) is 6.32. The summed E-state index contributed by atoms with van der Waals surface area (Å²) in [7, 11) is 0. The molecule has 3 aromatic rings. The molecule has 10 nitrogen and oxygen atoms in total. The van der Waals surface area contributed by atoms with Gasteiger partial charge in [0.1, 0.15) is 11.4 Å². The van der Waals surface area contributed by atoms with Crippen molar-refractivity contribution in [3.05, 3.63) is 38.9 Å². The van der Waals surface area contributed by atoms with Gasteiger partial charge >= 0.3 is 5.97 Å². The van der Waals surface area contributed by atoms with Gasteiger partial charge in [0.05, 0.1) is 27.4 Å². The first kappa shape index (κ1) is 23.8. The molecule has 2 aliphatic rings. The van der Waals surface area contributed by atoms with Crippen molar-refractivity contribution in [2.24, 2.45) is 0 Å². The first-order chi connectivity index (χ1) is 16.7. The predicted molar refractivity (Wildman–Crippen MR) is 132 cm³/mol. The van der Waals surface area contributed by atoms with Crippen LogP contribution in [0.4, 0.5) is 15.2 Å². The molecule has 1 amide bonds. The molecule has 0 bridgehead atoms. The van der Waals surface area contributed by atoms with Crippen molar-refractivity contribution in [2.75, 3.05) is 29.5 Å². The number of nitrogens with two attached hydrogens (primary N) is 1. The van der Waals surface area contributed by atoms with Crippen LogP contribution in [0.2, 0.25) is 5.02 Å². The third kappa shape index (κ3) is 4.67. The number of carbonyl (C=O) groups excluding carboxylic acids is 1. The van der Waals surface area contributed by atoms with E-state index in [1.165, 1.54) is 29.3 Å². The van der Waals surface area contributed by atoms with Gasteiger partial charge in [-0.15, -0.1) is 10.2 Å². The molecule has 1 unspecified atom stereocenters. The highest BCUT2D eigenvalue weighted by molar-refractivity contribution is 8.01. The van der Waals surface area contributed by atoms with E-state index >= 15 is 4.39 Å². The van der Waals surface area contributed by atoms with E-state index in [1.807, 2.05) is 0 Å². The third-order valence-electron chi connectivity index (χ3n) is 5.97. The molecule has 1 aliphatic carbocycles. The molecule has 1 aromatic carbocycles. The fourth-order valence-electron chi connectivity index (χ4n) is 4.27. The minimum atomic E-state index is -1.36. The lowest BCUT2D eigenvalue weighted by molar-refractivity contribution is -0.119. The number of nitrogen functional groups attached to an aromatic ring is 1. The van der Waals surface area contributed by atoms with Gasteiger partial charge in [-0.3, -0.25) is 9.59 Å². The molecule has 0 spiro atoms. The van der Waals surface area contributed by atoms with Crippen LogP contribution in [0.15, 0.2) is 21.4 Å². The quantitative estimate of drug-likeness (QED) is 0.387. The Labute approximate surface area is 211 Å². The van der Waals surface area contributed by atoms with Crippen molar-refractivity contribution < 1.29 is 19.1 Å². The van der Waals surface area contributed by atoms with Crippen LogP contribution in [-0.2, 0) is 4.79 Å². The SMILES string of the molecule is Nc1nnc(SCC(=O)NC2CCN(c3c(F)cc4c(=O)c(C(=O)O)cn(C5CC5)c4c3Cl)C2)s1. The number of aromatic carboxylic acids is 1. The van der Waals surface area contributed by atoms with Crippen molar-refractivity contribution in [3.63, 3.8) is 0 Å². The van der Waals surface area contributed by atoms with Crippen LogP contribution < -0.4 is 21.4 Å². The molecule has 2 aromatic heterocycles. The van der Waals surface area contributed by atoms with Crippen LogP contribution in [-0.4, -0.2) is 56.6 Å². The zero-order valence-corrected chi connectivity index (χ0v) is 20.6. The summed E-state index contributed by atoms with van der Waals surface area (Å²) in [6.07, 6.45) is 3.52. The molecule has 1 aliphatic heterocycles. The van der Waals surface area contributed by atoms with E-state index in [4.69, 9.17) is 17.3 Å². The van der Waals surface area contributed by atoms with Gasteiger partial charge in [-0.25, -0.2) is 9.18 Å². The molecule has 1 saturated carbocycles. The summed E-state index contributed by atoms with van der Waals surface area (Å²) in [5.41, 5.74) is 4.85.